The average molecular weight is 847 g/mol. The molecule has 0 aliphatic rings. The van der Waals surface area contributed by atoms with Gasteiger partial charge in [-0.25, -0.2) is 4.57 Å². The normalized spacial score (nSPS) is 14.7. The van der Waals surface area contributed by atoms with E-state index in [1.807, 2.05) is 0 Å². The highest BCUT2D eigenvalue weighted by atomic mass is 31.2. The van der Waals surface area contributed by atoms with Crippen molar-refractivity contribution in [3.05, 3.63) is 97.2 Å². The maximum absolute atomic E-state index is 12.6. The fraction of sp³-hybridized carbons (Fsp3) is 0.625. The van der Waals surface area contributed by atoms with E-state index < -0.39 is 51.8 Å². The summed E-state index contributed by atoms with van der Waals surface area (Å²) in [5.74, 6) is -0.984. The predicted octanol–water partition coefficient (Wildman–Crippen LogP) is 12.0. The fourth-order valence-electron chi connectivity index (χ4n) is 5.39. The van der Waals surface area contributed by atoms with Crippen molar-refractivity contribution in [3.63, 3.8) is 0 Å². The molecule has 0 rings (SSSR count). The molecule has 0 aliphatic heterocycles. The lowest BCUT2D eigenvalue weighted by Gasteiger charge is -2.20. The van der Waals surface area contributed by atoms with Crippen LogP contribution >= 0.6 is 7.82 Å². The van der Waals surface area contributed by atoms with Gasteiger partial charge in [0.1, 0.15) is 12.7 Å². The Morgan fingerprint density at radius 3 is 1.34 bits per heavy atom. The Hall–Kier alpha value is -3.11. The number of phosphoric ester groups is 1. The van der Waals surface area contributed by atoms with Crippen molar-refractivity contribution < 1.29 is 47.8 Å². The Labute approximate surface area is 357 Å². The Morgan fingerprint density at radius 1 is 0.508 bits per heavy atom. The number of carbonyl (C=O) groups excluding carboxylic acids is 2. The zero-order valence-corrected chi connectivity index (χ0v) is 37.3. The monoisotopic (exact) mass is 847 g/mol. The van der Waals surface area contributed by atoms with E-state index in [1.54, 1.807) is 0 Å². The van der Waals surface area contributed by atoms with Crippen molar-refractivity contribution in [2.75, 3.05) is 26.4 Å². The highest BCUT2D eigenvalue weighted by molar-refractivity contribution is 7.47. The molecule has 0 aromatic rings. The van der Waals surface area contributed by atoms with Crippen LogP contribution in [0.15, 0.2) is 97.2 Å². The molecule has 0 amide bonds. The van der Waals surface area contributed by atoms with Gasteiger partial charge >= 0.3 is 19.8 Å². The lowest BCUT2D eigenvalue weighted by molar-refractivity contribution is -0.161. The molecule has 0 saturated carbocycles. The summed E-state index contributed by atoms with van der Waals surface area (Å²) in [4.78, 5) is 35.0. The van der Waals surface area contributed by atoms with Crippen molar-refractivity contribution in [1.82, 2.24) is 0 Å². The third-order valence-corrected chi connectivity index (χ3v) is 9.68. The van der Waals surface area contributed by atoms with E-state index >= 15 is 0 Å². The van der Waals surface area contributed by atoms with Crippen LogP contribution in [-0.4, -0.2) is 65.7 Å². The summed E-state index contributed by atoms with van der Waals surface area (Å²) in [5.41, 5.74) is 0. The summed E-state index contributed by atoms with van der Waals surface area (Å²) >= 11 is 0. The van der Waals surface area contributed by atoms with Crippen LogP contribution in [0.1, 0.15) is 155 Å². The molecule has 0 saturated heterocycles. The first-order chi connectivity index (χ1) is 28.7. The topological polar surface area (TPSA) is 149 Å². The molecule has 3 N–H and O–H groups in total. The first-order valence-corrected chi connectivity index (χ1v) is 23.7. The number of allylic oxidation sites excluding steroid dienone is 16. The molecule has 59 heavy (non-hydrogen) atoms. The van der Waals surface area contributed by atoms with Gasteiger partial charge in [-0.1, -0.05) is 150 Å². The number of phosphoric acid groups is 1. The summed E-state index contributed by atoms with van der Waals surface area (Å²) in [7, 11) is -4.64. The zero-order chi connectivity index (χ0) is 43.3. The van der Waals surface area contributed by atoms with Crippen LogP contribution in [0.5, 0.6) is 0 Å². The number of rotatable bonds is 40. The number of ether oxygens (including phenoxy) is 2. The summed E-state index contributed by atoms with van der Waals surface area (Å²) in [5, 5.41) is 18.3. The second-order valence-electron chi connectivity index (χ2n) is 14.3. The second kappa shape index (κ2) is 43.0. The van der Waals surface area contributed by atoms with Gasteiger partial charge in [0.15, 0.2) is 6.10 Å². The minimum Gasteiger partial charge on any atom is -0.462 e. The molecule has 3 unspecified atom stereocenters. The minimum atomic E-state index is -4.64. The summed E-state index contributed by atoms with van der Waals surface area (Å²) < 4.78 is 32.7. The van der Waals surface area contributed by atoms with Crippen LogP contribution in [0, 0.1) is 0 Å². The Kier molecular flexibility index (Phi) is 40.7. The van der Waals surface area contributed by atoms with Gasteiger partial charge in [-0.15, -0.1) is 0 Å². The number of unbranched alkanes of at least 4 members (excludes halogenated alkanes) is 10. The SMILES string of the molecule is CC/C=C\C/C=C\C/C=C\C/C=C\C/C=C\CCCCCC(=O)OC(COC(=O)CCCCCCCCC/C=C\C/C=C\C/C=C\CC)COP(=O)(O)OCC(O)CO. The standard InChI is InChI=1S/C48H79O10P/c1-3-5-7-9-11-13-15-17-19-21-22-24-26-28-30-32-34-36-38-40-48(52)58-46(44-57-59(53,54)56-42-45(50)41-49)43-55-47(51)39-37-35-33-31-29-27-25-23-20-18-16-14-12-10-8-6-4-2/h5-8,11-14,17-20,22,24,28,30,45-46,49-50H,3-4,9-10,15-16,21,23,25-27,29,31-44H2,1-2H3,(H,53,54)/b7-5-,8-6-,13-11-,14-12-,19-17-,20-18-,24-22-,30-28-. The van der Waals surface area contributed by atoms with Crippen molar-refractivity contribution in [2.45, 2.75) is 167 Å². The minimum absolute atomic E-state index is 0.137. The van der Waals surface area contributed by atoms with E-state index in [2.05, 4.69) is 116 Å². The van der Waals surface area contributed by atoms with Gasteiger partial charge in [0.05, 0.1) is 19.8 Å². The lowest BCUT2D eigenvalue weighted by atomic mass is 10.1. The molecular weight excluding hydrogens is 767 g/mol. The number of hydrogen-bond acceptors (Lipinski definition) is 9. The van der Waals surface area contributed by atoms with Crippen LogP contribution in [0.3, 0.4) is 0 Å². The van der Waals surface area contributed by atoms with E-state index in [0.717, 1.165) is 103 Å². The second-order valence-corrected chi connectivity index (χ2v) is 15.8. The zero-order valence-electron chi connectivity index (χ0n) is 36.4. The largest absolute Gasteiger partial charge is 0.472 e. The van der Waals surface area contributed by atoms with E-state index in [9.17, 15) is 24.2 Å². The van der Waals surface area contributed by atoms with Crippen molar-refractivity contribution in [3.8, 4) is 0 Å². The molecule has 0 spiro atoms. The molecule has 0 aromatic carbocycles. The quantitative estimate of drug-likeness (QED) is 0.0235. The van der Waals surface area contributed by atoms with E-state index in [0.29, 0.717) is 12.8 Å². The summed E-state index contributed by atoms with van der Waals surface area (Å²) in [6, 6.07) is 0. The van der Waals surface area contributed by atoms with Crippen LogP contribution in [-0.2, 0) is 32.7 Å². The molecule has 0 aromatic heterocycles. The number of hydrogen-bond donors (Lipinski definition) is 3. The Balaban J connectivity index is 4.38. The van der Waals surface area contributed by atoms with Gasteiger partial charge in [-0.3, -0.25) is 18.6 Å². The molecule has 0 bridgehead atoms. The third-order valence-electron chi connectivity index (χ3n) is 8.73. The van der Waals surface area contributed by atoms with Gasteiger partial charge in [-0.2, -0.15) is 0 Å². The molecule has 0 radical (unpaired) electrons. The number of esters is 2. The van der Waals surface area contributed by atoms with Gasteiger partial charge in [0.2, 0.25) is 0 Å². The molecular formula is C48H79O10P. The first-order valence-electron chi connectivity index (χ1n) is 22.2. The molecule has 10 nitrogen and oxygen atoms in total. The highest BCUT2D eigenvalue weighted by Gasteiger charge is 2.27. The maximum Gasteiger partial charge on any atom is 0.472 e. The average Bonchev–Trinajstić information content (AvgIpc) is 3.22. The van der Waals surface area contributed by atoms with E-state index in [1.165, 1.54) is 12.8 Å². The van der Waals surface area contributed by atoms with E-state index in [-0.39, 0.29) is 19.4 Å². The first kappa shape index (κ1) is 55.9. The molecule has 0 aliphatic carbocycles. The Bertz CT molecular complexity index is 1300. The smallest absolute Gasteiger partial charge is 0.462 e. The third kappa shape index (κ3) is 42.8. The number of aliphatic hydroxyl groups is 2. The van der Waals surface area contributed by atoms with Crippen molar-refractivity contribution in [2.24, 2.45) is 0 Å². The lowest BCUT2D eigenvalue weighted by Crippen LogP contribution is -2.29. The van der Waals surface area contributed by atoms with Crippen LogP contribution < -0.4 is 0 Å². The van der Waals surface area contributed by atoms with Crippen molar-refractivity contribution in [1.29, 1.82) is 0 Å². The number of carbonyl (C=O) groups is 2. The molecule has 336 valence electrons. The van der Waals surface area contributed by atoms with Crippen LogP contribution in [0.2, 0.25) is 0 Å². The van der Waals surface area contributed by atoms with Crippen LogP contribution in [0.25, 0.3) is 0 Å². The predicted molar refractivity (Wildman–Crippen MR) is 242 cm³/mol. The van der Waals surface area contributed by atoms with Crippen LogP contribution in [0.4, 0.5) is 0 Å². The van der Waals surface area contributed by atoms with Gasteiger partial charge in [0, 0.05) is 12.8 Å². The number of aliphatic hydroxyl groups excluding tert-OH is 2. The van der Waals surface area contributed by atoms with Gasteiger partial charge < -0.3 is 24.6 Å². The summed E-state index contributed by atoms with van der Waals surface area (Å²) in [6.07, 6.45) is 52.2. The molecule has 0 fully saturated rings. The van der Waals surface area contributed by atoms with Gasteiger partial charge in [0.25, 0.3) is 0 Å². The molecule has 0 heterocycles. The summed E-state index contributed by atoms with van der Waals surface area (Å²) in [6.45, 7) is 2.09. The molecule has 3 atom stereocenters. The highest BCUT2D eigenvalue weighted by Crippen LogP contribution is 2.43. The van der Waals surface area contributed by atoms with E-state index in [4.69, 9.17) is 19.1 Å². The fourth-order valence-corrected chi connectivity index (χ4v) is 6.18. The van der Waals surface area contributed by atoms with Gasteiger partial charge in [-0.05, 0) is 89.9 Å². The molecule has 11 heteroatoms. The Morgan fingerprint density at radius 2 is 0.881 bits per heavy atom. The maximum atomic E-state index is 12.6. The van der Waals surface area contributed by atoms with Crippen molar-refractivity contribution >= 4 is 19.8 Å².